The lowest BCUT2D eigenvalue weighted by Gasteiger charge is -2.14. The van der Waals surface area contributed by atoms with E-state index in [1.54, 1.807) is 19.9 Å². The van der Waals surface area contributed by atoms with Gasteiger partial charge in [0, 0.05) is 16.8 Å². The van der Waals surface area contributed by atoms with E-state index in [0.717, 1.165) is 6.42 Å². The highest BCUT2D eigenvalue weighted by atomic mass is 16.5. The predicted octanol–water partition coefficient (Wildman–Crippen LogP) is 2.05. The number of carboxylic acids is 1. The molecule has 0 aliphatic heterocycles. The number of aryl methyl sites for hydroxylation is 1. The lowest BCUT2D eigenvalue weighted by molar-refractivity contribution is -0.138. The number of amides is 1. The number of benzene rings is 1. The third-order valence-corrected chi connectivity index (χ3v) is 4.07. The van der Waals surface area contributed by atoms with Gasteiger partial charge in [0.15, 0.2) is 0 Å². The highest BCUT2D eigenvalue weighted by Crippen LogP contribution is 2.29. The van der Waals surface area contributed by atoms with Crippen molar-refractivity contribution in [2.45, 2.75) is 40.2 Å². The number of carbonyl (C=O) groups is 2. The van der Waals surface area contributed by atoms with Gasteiger partial charge in [-0.25, -0.2) is 4.98 Å². The maximum Gasteiger partial charge on any atom is 0.325 e. The van der Waals surface area contributed by atoms with E-state index in [2.05, 4.69) is 15.3 Å². The number of hydrogen-bond acceptors (Lipinski definition) is 5. The number of ether oxygens (including phenoxy) is 1. The maximum atomic E-state index is 12.3. The SMILES string of the molecule is CCCOc1ccc(C(=O)NC(C)C(=O)O)cc1-c1nc(C)c(C)c(=O)[nH]1. The van der Waals surface area contributed by atoms with E-state index >= 15 is 0 Å². The Bertz CT molecular complexity index is 920. The van der Waals surface area contributed by atoms with Crippen molar-refractivity contribution in [1.82, 2.24) is 15.3 Å². The molecule has 144 valence electrons. The molecule has 1 aromatic heterocycles. The van der Waals surface area contributed by atoms with Gasteiger partial charge in [-0.3, -0.25) is 14.4 Å². The summed E-state index contributed by atoms with van der Waals surface area (Å²) >= 11 is 0. The minimum absolute atomic E-state index is 0.239. The number of aromatic amines is 1. The molecule has 0 saturated carbocycles. The molecule has 0 spiro atoms. The van der Waals surface area contributed by atoms with Crippen molar-refractivity contribution in [3.8, 4) is 17.1 Å². The molecule has 1 amide bonds. The second kappa shape index (κ2) is 8.48. The lowest BCUT2D eigenvalue weighted by Crippen LogP contribution is -2.38. The Morgan fingerprint density at radius 2 is 2.04 bits per heavy atom. The number of carboxylic acid groups (broad SMARTS) is 1. The second-order valence-electron chi connectivity index (χ2n) is 6.22. The highest BCUT2D eigenvalue weighted by Gasteiger charge is 2.18. The van der Waals surface area contributed by atoms with Crippen molar-refractivity contribution in [3.05, 3.63) is 45.4 Å². The first-order valence-corrected chi connectivity index (χ1v) is 8.63. The van der Waals surface area contributed by atoms with E-state index in [9.17, 15) is 14.4 Å². The van der Waals surface area contributed by atoms with Gasteiger partial charge >= 0.3 is 5.97 Å². The van der Waals surface area contributed by atoms with E-state index in [1.165, 1.54) is 19.1 Å². The van der Waals surface area contributed by atoms with Crippen molar-refractivity contribution in [2.24, 2.45) is 0 Å². The fourth-order valence-corrected chi connectivity index (χ4v) is 2.31. The average molecular weight is 373 g/mol. The van der Waals surface area contributed by atoms with Crippen LogP contribution in [0.5, 0.6) is 5.75 Å². The van der Waals surface area contributed by atoms with E-state index in [0.29, 0.717) is 29.2 Å². The first-order chi connectivity index (χ1) is 12.7. The van der Waals surface area contributed by atoms with Crippen LogP contribution in [0.1, 0.15) is 41.9 Å². The van der Waals surface area contributed by atoms with Crippen LogP contribution in [0.15, 0.2) is 23.0 Å². The molecule has 1 heterocycles. The largest absolute Gasteiger partial charge is 0.493 e. The lowest BCUT2D eigenvalue weighted by atomic mass is 10.1. The van der Waals surface area contributed by atoms with Crippen LogP contribution in [-0.4, -0.2) is 39.6 Å². The smallest absolute Gasteiger partial charge is 0.325 e. The predicted molar refractivity (Wildman–Crippen MR) is 100 cm³/mol. The Kier molecular flexibility index (Phi) is 6.33. The Hall–Kier alpha value is -3.16. The number of rotatable bonds is 7. The van der Waals surface area contributed by atoms with Crippen LogP contribution in [0, 0.1) is 13.8 Å². The van der Waals surface area contributed by atoms with E-state index < -0.39 is 17.9 Å². The molecule has 1 atom stereocenters. The zero-order chi connectivity index (χ0) is 20.1. The number of aliphatic carboxylic acids is 1. The summed E-state index contributed by atoms with van der Waals surface area (Å²) in [5.41, 5.74) is 1.51. The van der Waals surface area contributed by atoms with Gasteiger partial charge in [0.1, 0.15) is 17.6 Å². The maximum absolute atomic E-state index is 12.3. The average Bonchev–Trinajstić information content (AvgIpc) is 2.63. The molecule has 0 radical (unpaired) electrons. The van der Waals surface area contributed by atoms with Gasteiger partial charge in [0.25, 0.3) is 11.5 Å². The third-order valence-electron chi connectivity index (χ3n) is 4.07. The summed E-state index contributed by atoms with van der Waals surface area (Å²) in [6.07, 6.45) is 0.786. The van der Waals surface area contributed by atoms with Gasteiger partial charge in [-0.1, -0.05) is 6.92 Å². The molecule has 0 fully saturated rings. The van der Waals surface area contributed by atoms with Crippen LogP contribution in [0.2, 0.25) is 0 Å². The molecule has 0 saturated heterocycles. The van der Waals surface area contributed by atoms with E-state index in [1.807, 2.05) is 6.92 Å². The zero-order valence-corrected chi connectivity index (χ0v) is 15.8. The van der Waals surface area contributed by atoms with Crippen LogP contribution >= 0.6 is 0 Å². The van der Waals surface area contributed by atoms with Crippen LogP contribution in [0.3, 0.4) is 0 Å². The quantitative estimate of drug-likeness (QED) is 0.683. The minimum Gasteiger partial charge on any atom is -0.493 e. The fourth-order valence-electron chi connectivity index (χ4n) is 2.31. The molecule has 8 heteroatoms. The molecule has 8 nitrogen and oxygen atoms in total. The Morgan fingerprint density at radius 3 is 2.63 bits per heavy atom. The minimum atomic E-state index is -1.13. The van der Waals surface area contributed by atoms with Crippen molar-refractivity contribution >= 4 is 11.9 Å². The number of hydrogen-bond donors (Lipinski definition) is 3. The monoisotopic (exact) mass is 373 g/mol. The van der Waals surface area contributed by atoms with Gasteiger partial charge in [0.2, 0.25) is 0 Å². The number of carbonyl (C=O) groups excluding carboxylic acids is 1. The van der Waals surface area contributed by atoms with Gasteiger partial charge in [0.05, 0.1) is 12.2 Å². The van der Waals surface area contributed by atoms with Gasteiger partial charge in [-0.15, -0.1) is 0 Å². The standard InChI is InChI=1S/C19H23N3O5/c1-5-8-27-15-7-6-13(18(24)21-12(4)19(25)26)9-14(15)16-20-11(3)10(2)17(23)22-16/h6-7,9,12H,5,8H2,1-4H3,(H,21,24)(H,25,26)(H,20,22,23). The van der Waals surface area contributed by atoms with Crippen LogP contribution in [0.25, 0.3) is 11.4 Å². The van der Waals surface area contributed by atoms with Crippen molar-refractivity contribution in [3.63, 3.8) is 0 Å². The molecule has 0 aliphatic rings. The molecule has 0 aliphatic carbocycles. The topological polar surface area (TPSA) is 121 Å². The van der Waals surface area contributed by atoms with Crippen LogP contribution in [0.4, 0.5) is 0 Å². The number of aromatic nitrogens is 2. The first kappa shape index (κ1) is 20.2. The summed E-state index contributed by atoms with van der Waals surface area (Å²) in [5, 5.41) is 11.4. The zero-order valence-electron chi connectivity index (χ0n) is 15.8. The van der Waals surface area contributed by atoms with Crippen LogP contribution < -0.4 is 15.6 Å². The normalized spacial score (nSPS) is 11.7. The summed E-state index contributed by atoms with van der Waals surface area (Å²) in [6.45, 7) is 7.21. The summed E-state index contributed by atoms with van der Waals surface area (Å²) in [4.78, 5) is 42.5. The van der Waals surface area contributed by atoms with Crippen molar-refractivity contribution in [2.75, 3.05) is 6.61 Å². The first-order valence-electron chi connectivity index (χ1n) is 8.63. The Labute approximate surface area is 156 Å². The molecule has 1 unspecified atom stereocenters. The summed E-state index contributed by atoms with van der Waals surface area (Å²) in [5.74, 6) is -0.910. The van der Waals surface area contributed by atoms with Crippen LogP contribution in [-0.2, 0) is 4.79 Å². The van der Waals surface area contributed by atoms with Gasteiger partial charge in [-0.2, -0.15) is 0 Å². The molecular formula is C19H23N3O5. The Balaban J connectivity index is 2.50. The van der Waals surface area contributed by atoms with Gasteiger partial charge in [-0.05, 0) is 45.4 Å². The van der Waals surface area contributed by atoms with Crippen molar-refractivity contribution < 1.29 is 19.4 Å². The summed E-state index contributed by atoms with van der Waals surface area (Å²) in [7, 11) is 0. The van der Waals surface area contributed by atoms with E-state index in [-0.39, 0.29) is 16.9 Å². The second-order valence-corrected chi connectivity index (χ2v) is 6.22. The van der Waals surface area contributed by atoms with Gasteiger partial charge < -0.3 is 20.1 Å². The summed E-state index contributed by atoms with van der Waals surface area (Å²) in [6, 6.07) is 3.65. The molecular weight excluding hydrogens is 350 g/mol. The summed E-state index contributed by atoms with van der Waals surface area (Å²) < 4.78 is 5.72. The number of H-pyrrole nitrogens is 1. The molecule has 27 heavy (non-hydrogen) atoms. The van der Waals surface area contributed by atoms with E-state index in [4.69, 9.17) is 9.84 Å². The Morgan fingerprint density at radius 1 is 1.33 bits per heavy atom. The molecule has 1 aromatic carbocycles. The highest BCUT2D eigenvalue weighted by molar-refractivity contribution is 5.97. The third kappa shape index (κ3) is 4.72. The number of nitrogens with zero attached hydrogens (tertiary/aromatic N) is 1. The number of nitrogens with one attached hydrogen (secondary N) is 2. The van der Waals surface area contributed by atoms with Crippen molar-refractivity contribution in [1.29, 1.82) is 0 Å². The molecule has 0 bridgehead atoms. The fraction of sp³-hybridized carbons (Fsp3) is 0.368. The molecule has 2 aromatic rings. The molecule has 2 rings (SSSR count). The molecule has 3 N–H and O–H groups in total.